The largest absolute Gasteiger partial charge is 0.378 e. The average molecular weight is 327 g/mol. The SMILES string of the molecule is CCOC1CC(N(C)C(=O)c2ccc(CN)cc2)C1(C)C.Cl. The summed E-state index contributed by atoms with van der Waals surface area (Å²) in [4.78, 5) is 14.4. The molecular formula is C17H27ClN2O2. The van der Waals surface area contributed by atoms with Gasteiger partial charge in [-0.05, 0) is 31.0 Å². The predicted octanol–water partition coefficient (Wildman–Crippen LogP) is 2.84. The zero-order chi connectivity index (χ0) is 15.6. The Hall–Kier alpha value is -1.10. The number of hydrogen-bond donors (Lipinski definition) is 1. The molecular weight excluding hydrogens is 300 g/mol. The van der Waals surface area contributed by atoms with Crippen LogP contribution in [0.3, 0.4) is 0 Å². The van der Waals surface area contributed by atoms with Gasteiger partial charge in [0.2, 0.25) is 0 Å². The van der Waals surface area contributed by atoms with Crippen LogP contribution in [0.2, 0.25) is 0 Å². The second kappa shape index (κ2) is 7.44. The summed E-state index contributed by atoms with van der Waals surface area (Å²) < 4.78 is 5.74. The maximum atomic E-state index is 12.6. The molecule has 0 aromatic heterocycles. The Labute approximate surface area is 139 Å². The van der Waals surface area contributed by atoms with E-state index in [4.69, 9.17) is 10.5 Å². The minimum atomic E-state index is -0.00236. The van der Waals surface area contributed by atoms with Crippen LogP contribution in [0.1, 0.15) is 43.1 Å². The Morgan fingerprint density at radius 3 is 2.41 bits per heavy atom. The van der Waals surface area contributed by atoms with E-state index in [0.29, 0.717) is 12.1 Å². The van der Waals surface area contributed by atoms with Crippen LogP contribution in [0.25, 0.3) is 0 Å². The van der Waals surface area contributed by atoms with Crippen LogP contribution in [0.15, 0.2) is 24.3 Å². The van der Waals surface area contributed by atoms with Gasteiger partial charge in [-0.15, -0.1) is 12.4 Å². The normalized spacial score (nSPS) is 22.4. The van der Waals surface area contributed by atoms with Crippen LogP contribution in [-0.2, 0) is 11.3 Å². The molecule has 0 saturated heterocycles. The zero-order valence-corrected chi connectivity index (χ0v) is 14.7. The fourth-order valence-electron chi connectivity index (χ4n) is 3.13. The fourth-order valence-corrected chi connectivity index (χ4v) is 3.13. The molecule has 1 aromatic rings. The van der Waals surface area contributed by atoms with Crippen molar-refractivity contribution in [1.29, 1.82) is 0 Å². The van der Waals surface area contributed by atoms with Gasteiger partial charge >= 0.3 is 0 Å². The summed E-state index contributed by atoms with van der Waals surface area (Å²) in [5, 5.41) is 0. The number of nitrogens with zero attached hydrogens (tertiary/aromatic N) is 1. The van der Waals surface area contributed by atoms with Gasteiger partial charge in [0, 0.05) is 37.2 Å². The molecule has 1 aliphatic carbocycles. The first-order chi connectivity index (χ1) is 9.91. The van der Waals surface area contributed by atoms with E-state index in [2.05, 4.69) is 13.8 Å². The molecule has 1 saturated carbocycles. The Kier molecular flexibility index (Phi) is 6.41. The van der Waals surface area contributed by atoms with Crippen LogP contribution in [-0.4, -0.2) is 36.6 Å². The number of carbonyl (C=O) groups excluding carboxylic acids is 1. The highest BCUT2D eigenvalue weighted by molar-refractivity contribution is 5.94. The lowest BCUT2D eigenvalue weighted by Crippen LogP contribution is -2.62. The molecule has 2 unspecified atom stereocenters. The van der Waals surface area contributed by atoms with Gasteiger partial charge in [0.05, 0.1) is 6.10 Å². The van der Waals surface area contributed by atoms with Gasteiger partial charge < -0.3 is 15.4 Å². The molecule has 4 nitrogen and oxygen atoms in total. The monoisotopic (exact) mass is 326 g/mol. The molecule has 124 valence electrons. The molecule has 5 heteroatoms. The van der Waals surface area contributed by atoms with Crippen molar-refractivity contribution < 1.29 is 9.53 Å². The average Bonchev–Trinajstić information content (AvgIpc) is 2.49. The van der Waals surface area contributed by atoms with Crippen molar-refractivity contribution in [2.45, 2.75) is 45.9 Å². The third-order valence-electron chi connectivity index (χ3n) is 4.72. The first-order valence-electron chi connectivity index (χ1n) is 7.59. The smallest absolute Gasteiger partial charge is 0.253 e. The number of nitrogens with two attached hydrogens (primary N) is 1. The molecule has 1 aromatic carbocycles. The van der Waals surface area contributed by atoms with Gasteiger partial charge in [-0.3, -0.25) is 4.79 Å². The summed E-state index contributed by atoms with van der Waals surface area (Å²) in [6.07, 6.45) is 1.15. The highest BCUT2D eigenvalue weighted by Crippen LogP contribution is 2.45. The Morgan fingerprint density at radius 2 is 1.95 bits per heavy atom. The Bertz CT molecular complexity index is 502. The van der Waals surface area contributed by atoms with E-state index < -0.39 is 0 Å². The molecule has 0 radical (unpaired) electrons. The molecule has 0 heterocycles. The van der Waals surface area contributed by atoms with Crippen molar-refractivity contribution in [1.82, 2.24) is 4.90 Å². The first kappa shape index (κ1) is 18.9. The van der Waals surface area contributed by atoms with Crippen LogP contribution >= 0.6 is 12.4 Å². The van der Waals surface area contributed by atoms with Gasteiger partial charge in [0.25, 0.3) is 5.91 Å². The van der Waals surface area contributed by atoms with Crippen molar-refractivity contribution >= 4 is 18.3 Å². The van der Waals surface area contributed by atoms with Gasteiger partial charge in [-0.25, -0.2) is 0 Å². The highest BCUT2D eigenvalue weighted by Gasteiger charge is 2.51. The van der Waals surface area contributed by atoms with Gasteiger partial charge in [-0.1, -0.05) is 26.0 Å². The van der Waals surface area contributed by atoms with Crippen LogP contribution in [0.4, 0.5) is 0 Å². The van der Waals surface area contributed by atoms with Gasteiger partial charge in [0.15, 0.2) is 0 Å². The summed E-state index contributed by atoms with van der Waals surface area (Å²) in [5.74, 6) is 0.0617. The van der Waals surface area contributed by atoms with E-state index in [-0.39, 0.29) is 35.9 Å². The number of rotatable bonds is 5. The molecule has 1 fully saturated rings. The van der Waals surface area contributed by atoms with E-state index in [0.717, 1.165) is 18.6 Å². The number of amides is 1. The molecule has 0 aliphatic heterocycles. The molecule has 2 atom stereocenters. The van der Waals surface area contributed by atoms with Crippen molar-refractivity contribution in [3.05, 3.63) is 35.4 Å². The first-order valence-corrected chi connectivity index (χ1v) is 7.59. The minimum absolute atomic E-state index is 0. The number of carbonyl (C=O) groups is 1. The number of benzene rings is 1. The quantitative estimate of drug-likeness (QED) is 0.905. The topological polar surface area (TPSA) is 55.6 Å². The lowest BCUT2D eigenvalue weighted by molar-refractivity contribution is -0.136. The predicted molar refractivity (Wildman–Crippen MR) is 91.3 cm³/mol. The zero-order valence-electron chi connectivity index (χ0n) is 13.8. The van der Waals surface area contributed by atoms with E-state index in [1.807, 2.05) is 43.1 Å². The van der Waals surface area contributed by atoms with Crippen LogP contribution < -0.4 is 5.73 Å². The number of ether oxygens (including phenoxy) is 1. The van der Waals surface area contributed by atoms with Crippen molar-refractivity contribution in [2.24, 2.45) is 11.1 Å². The minimum Gasteiger partial charge on any atom is -0.378 e. The molecule has 0 bridgehead atoms. The third-order valence-corrected chi connectivity index (χ3v) is 4.72. The highest BCUT2D eigenvalue weighted by atomic mass is 35.5. The summed E-state index contributed by atoms with van der Waals surface area (Å²) >= 11 is 0. The van der Waals surface area contributed by atoms with Crippen LogP contribution in [0.5, 0.6) is 0 Å². The summed E-state index contributed by atoms with van der Waals surface area (Å²) in [7, 11) is 1.88. The standard InChI is InChI=1S/C17H26N2O2.ClH/c1-5-21-15-10-14(17(15,2)3)19(4)16(20)13-8-6-12(11-18)7-9-13;/h6-9,14-15H,5,10-11,18H2,1-4H3;1H. The van der Waals surface area contributed by atoms with Crippen molar-refractivity contribution in [3.63, 3.8) is 0 Å². The molecule has 2 rings (SSSR count). The van der Waals surface area contributed by atoms with E-state index in [9.17, 15) is 4.79 Å². The van der Waals surface area contributed by atoms with E-state index in [1.54, 1.807) is 0 Å². The Balaban J connectivity index is 0.00000242. The van der Waals surface area contributed by atoms with Crippen molar-refractivity contribution in [2.75, 3.05) is 13.7 Å². The lowest BCUT2D eigenvalue weighted by atomic mass is 9.63. The fraction of sp³-hybridized carbons (Fsp3) is 0.588. The molecule has 2 N–H and O–H groups in total. The van der Waals surface area contributed by atoms with Gasteiger partial charge in [-0.2, -0.15) is 0 Å². The number of hydrogen-bond acceptors (Lipinski definition) is 3. The molecule has 22 heavy (non-hydrogen) atoms. The van der Waals surface area contributed by atoms with E-state index >= 15 is 0 Å². The van der Waals surface area contributed by atoms with Crippen LogP contribution in [0, 0.1) is 5.41 Å². The third kappa shape index (κ3) is 3.45. The summed E-state index contributed by atoms with van der Waals surface area (Å²) in [6, 6.07) is 7.75. The maximum absolute atomic E-state index is 12.6. The molecule has 0 spiro atoms. The second-order valence-electron chi connectivity index (χ2n) is 6.33. The van der Waals surface area contributed by atoms with E-state index in [1.165, 1.54) is 0 Å². The van der Waals surface area contributed by atoms with Crippen molar-refractivity contribution in [3.8, 4) is 0 Å². The summed E-state index contributed by atoms with van der Waals surface area (Å²) in [5.41, 5.74) is 7.33. The lowest BCUT2D eigenvalue weighted by Gasteiger charge is -2.54. The molecule has 1 amide bonds. The molecule has 1 aliphatic rings. The summed E-state index contributed by atoms with van der Waals surface area (Å²) in [6.45, 7) is 7.57. The Morgan fingerprint density at radius 1 is 1.36 bits per heavy atom. The van der Waals surface area contributed by atoms with Gasteiger partial charge in [0.1, 0.15) is 0 Å². The maximum Gasteiger partial charge on any atom is 0.253 e. The second-order valence-corrected chi connectivity index (χ2v) is 6.33. The number of halogens is 1.